The molecule has 0 bridgehead atoms. The molecule has 1 fully saturated rings. The van der Waals surface area contributed by atoms with Crippen LogP contribution in [0.5, 0.6) is 0 Å². The number of alkyl carbamates (subject to hydrolysis) is 1. The Balaban J connectivity index is 1.36. The number of nitrogens with one attached hydrogen (secondary N) is 2. The molecule has 4 rings (SSSR count). The van der Waals surface area contributed by atoms with Crippen LogP contribution >= 0.6 is 0 Å². The molecule has 0 radical (unpaired) electrons. The highest BCUT2D eigenvalue weighted by Gasteiger charge is 2.33. The molecule has 2 atom stereocenters. The molecule has 0 spiro atoms. The monoisotopic (exact) mass is 446 g/mol. The Bertz CT molecular complexity index is 1070. The van der Waals surface area contributed by atoms with E-state index in [9.17, 15) is 14.4 Å². The number of hydrogen-bond acceptors (Lipinski definition) is 4. The lowest BCUT2D eigenvalue weighted by molar-refractivity contribution is -0.130. The van der Waals surface area contributed by atoms with Crippen molar-refractivity contribution in [2.75, 3.05) is 13.2 Å². The predicted octanol–water partition coefficient (Wildman–Crippen LogP) is 3.29. The summed E-state index contributed by atoms with van der Waals surface area (Å²) in [4.78, 5) is 35.7. The summed E-state index contributed by atoms with van der Waals surface area (Å²) in [6.07, 6.45) is 2.60. The van der Waals surface area contributed by atoms with E-state index in [0.29, 0.717) is 12.8 Å². The van der Waals surface area contributed by atoms with E-state index in [1.807, 2.05) is 30.2 Å². The molecule has 0 aromatic heterocycles. The molecule has 7 heteroatoms. The van der Waals surface area contributed by atoms with Crippen LogP contribution in [0.1, 0.15) is 42.7 Å². The third-order valence-corrected chi connectivity index (χ3v) is 6.30. The van der Waals surface area contributed by atoms with Gasteiger partial charge in [-0.1, -0.05) is 67.3 Å². The Hall–Kier alpha value is -3.79. The van der Waals surface area contributed by atoms with Gasteiger partial charge in [0.25, 0.3) is 0 Å². The average Bonchev–Trinajstić information content (AvgIpc) is 3.14. The lowest BCUT2D eigenvalue weighted by Crippen LogP contribution is -2.48. The van der Waals surface area contributed by atoms with Crippen molar-refractivity contribution >= 4 is 18.0 Å². The normalized spacial score (nSPS) is 18.8. The van der Waals surface area contributed by atoms with Crippen molar-refractivity contribution in [3.8, 4) is 23.0 Å². The molecule has 2 aromatic carbocycles. The Labute approximate surface area is 192 Å². The van der Waals surface area contributed by atoms with Crippen LogP contribution in [0.25, 0.3) is 11.1 Å². The fraction of sp³-hybridized carbons (Fsp3) is 0.346. The van der Waals surface area contributed by atoms with Gasteiger partial charge in [0.15, 0.2) is 0 Å². The topological polar surface area (TPSA) is 105 Å². The molecule has 2 amide bonds. The van der Waals surface area contributed by atoms with E-state index in [1.165, 1.54) is 0 Å². The molecule has 0 unspecified atom stereocenters. The van der Waals surface area contributed by atoms with E-state index in [-0.39, 0.29) is 31.0 Å². The fourth-order valence-electron chi connectivity index (χ4n) is 4.79. The van der Waals surface area contributed by atoms with Gasteiger partial charge in [0.1, 0.15) is 6.61 Å². The number of carboxylic acid groups (broad SMARTS) is 1. The summed E-state index contributed by atoms with van der Waals surface area (Å²) in [5, 5.41) is 14.1. The Kier molecular flexibility index (Phi) is 6.94. The second-order valence-corrected chi connectivity index (χ2v) is 8.29. The van der Waals surface area contributed by atoms with Crippen LogP contribution in [0.4, 0.5) is 4.79 Å². The second-order valence-electron chi connectivity index (χ2n) is 8.29. The lowest BCUT2D eigenvalue weighted by atomic mass is 9.84. The van der Waals surface area contributed by atoms with Crippen molar-refractivity contribution in [3.05, 3.63) is 59.7 Å². The summed E-state index contributed by atoms with van der Waals surface area (Å²) in [5.41, 5.74) is 4.61. The van der Waals surface area contributed by atoms with Gasteiger partial charge in [-0.25, -0.2) is 9.59 Å². The van der Waals surface area contributed by atoms with Gasteiger partial charge in [0, 0.05) is 17.9 Å². The molecule has 1 saturated carbocycles. The van der Waals surface area contributed by atoms with E-state index in [0.717, 1.165) is 35.1 Å². The third-order valence-electron chi connectivity index (χ3n) is 6.30. The number of hydrogen-bond donors (Lipinski definition) is 3. The fourth-order valence-corrected chi connectivity index (χ4v) is 4.79. The highest BCUT2D eigenvalue weighted by atomic mass is 16.5. The first-order valence-electron chi connectivity index (χ1n) is 11.2. The Morgan fingerprint density at radius 1 is 0.970 bits per heavy atom. The maximum atomic E-state index is 12.6. The molecule has 170 valence electrons. The summed E-state index contributed by atoms with van der Waals surface area (Å²) >= 11 is 0. The quantitative estimate of drug-likeness (QED) is 0.612. The molecule has 0 aliphatic heterocycles. The van der Waals surface area contributed by atoms with Gasteiger partial charge >= 0.3 is 12.1 Å². The van der Waals surface area contributed by atoms with E-state index in [2.05, 4.69) is 40.8 Å². The highest BCUT2D eigenvalue weighted by Crippen LogP contribution is 2.44. The predicted molar refractivity (Wildman–Crippen MR) is 122 cm³/mol. The number of ether oxygens (including phenoxy) is 1. The van der Waals surface area contributed by atoms with Crippen LogP contribution < -0.4 is 10.6 Å². The van der Waals surface area contributed by atoms with E-state index in [4.69, 9.17) is 9.84 Å². The first-order chi connectivity index (χ1) is 16.0. The summed E-state index contributed by atoms with van der Waals surface area (Å²) in [5.74, 6) is 2.45. The minimum Gasteiger partial charge on any atom is -0.472 e. The summed E-state index contributed by atoms with van der Waals surface area (Å²) in [6.45, 7) is 0.174. The van der Waals surface area contributed by atoms with Crippen LogP contribution in [0.3, 0.4) is 0 Å². The largest absolute Gasteiger partial charge is 0.472 e. The molecule has 2 aromatic rings. The molecule has 7 nitrogen and oxygen atoms in total. The summed E-state index contributed by atoms with van der Waals surface area (Å²) < 4.78 is 5.63. The number of fused-ring (bicyclic) bond motifs is 3. The van der Waals surface area contributed by atoms with Gasteiger partial charge < -0.3 is 20.5 Å². The standard InChI is InChI=1S/C26H26N2O5/c29-24(30)14-7-15-27-25(31)21-12-5-6-13-23(21)28-26(32)33-16-22-19-10-3-1-8-17(19)18-9-2-4-11-20(18)22/h1-4,8-11,21-23H,5-6,12-13,15-16H2,(H,27,31)(H,28,32)(H,29,30)/t21-,23+/m0/s1. The average molecular weight is 447 g/mol. The molecule has 33 heavy (non-hydrogen) atoms. The van der Waals surface area contributed by atoms with Crippen LogP contribution in [0, 0.1) is 17.8 Å². The number of rotatable bonds is 5. The van der Waals surface area contributed by atoms with Crippen LogP contribution in [0.2, 0.25) is 0 Å². The van der Waals surface area contributed by atoms with Crippen LogP contribution in [-0.2, 0) is 14.3 Å². The number of aliphatic carboxylic acids is 1. The maximum absolute atomic E-state index is 12.6. The molecule has 0 heterocycles. The van der Waals surface area contributed by atoms with Gasteiger partial charge in [0.05, 0.1) is 12.5 Å². The molecule has 0 saturated heterocycles. The van der Waals surface area contributed by atoms with E-state index >= 15 is 0 Å². The minimum absolute atomic E-state index is 0.0265. The van der Waals surface area contributed by atoms with Crippen molar-refractivity contribution in [2.24, 2.45) is 5.92 Å². The van der Waals surface area contributed by atoms with Gasteiger partial charge in [-0.15, -0.1) is 0 Å². The maximum Gasteiger partial charge on any atom is 0.407 e. The van der Waals surface area contributed by atoms with Crippen molar-refractivity contribution in [1.82, 2.24) is 10.6 Å². The molecular formula is C26H26N2O5. The van der Waals surface area contributed by atoms with Crippen LogP contribution in [-0.4, -0.2) is 42.3 Å². The number of carbonyl (C=O) groups is 3. The van der Waals surface area contributed by atoms with Crippen molar-refractivity contribution < 1.29 is 24.2 Å². The minimum atomic E-state index is -1.24. The SMILES string of the molecule is O=C(O)C#CCNC(=O)[C@H]1CCCC[C@H]1NC(=O)OCC1c2ccccc2-c2ccccc21. The molecular weight excluding hydrogens is 420 g/mol. The van der Waals surface area contributed by atoms with Gasteiger partial charge in [-0.05, 0) is 35.1 Å². The zero-order valence-electron chi connectivity index (χ0n) is 18.2. The summed E-state index contributed by atoms with van der Waals surface area (Å²) in [7, 11) is 0. The van der Waals surface area contributed by atoms with Gasteiger partial charge in [-0.2, -0.15) is 0 Å². The molecule has 3 N–H and O–H groups in total. The van der Waals surface area contributed by atoms with E-state index < -0.39 is 18.0 Å². The van der Waals surface area contributed by atoms with E-state index in [1.54, 1.807) is 0 Å². The number of amides is 2. The lowest BCUT2D eigenvalue weighted by Gasteiger charge is -2.30. The van der Waals surface area contributed by atoms with Crippen LogP contribution in [0.15, 0.2) is 48.5 Å². The van der Waals surface area contributed by atoms with Crippen molar-refractivity contribution in [3.63, 3.8) is 0 Å². The zero-order chi connectivity index (χ0) is 23.2. The van der Waals surface area contributed by atoms with Gasteiger partial charge in [0.2, 0.25) is 5.91 Å². The summed E-state index contributed by atoms with van der Waals surface area (Å²) in [6, 6.07) is 16.0. The number of carboxylic acids is 1. The Morgan fingerprint density at radius 2 is 1.61 bits per heavy atom. The smallest absolute Gasteiger partial charge is 0.407 e. The first-order valence-corrected chi connectivity index (χ1v) is 11.2. The number of benzene rings is 2. The van der Waals surface area contributed by atoms with Crippen molar-refractivity contribution in [1.29, 1.82) is 0 Å². The zero-order valence-corrected chi connectivity index (χ0v) is 18.2. The third kappa shape index (κ3) is 5.17. The van der Waals surface area contributed by atoms with Crippen molar-refractivity contribution in [2.45, 2.75) is 37.6 Å². The second kappa shape index (κ2) is 10.2. The molecule has 2 aliphatic carbocycles. The number of carbonyl (C=O) groups excluding carboxylic acids is 2. The highest BCUT2D eigenvalue weighted by molar-refractivity contribution is 5.87. The molecule has 2 aliphatic rings. The van der Waals surface area contributed by atoms with Gasteiger partial charge in [-0.3, -0.25) is 4.79 Å². The first kappa shape index (κ1) is 22.4. The Morgan fingerprint density at radius 3 is 2.27 bits per heavy atom.